The Morgan fingerprint density at radius 1 is 1.36 bits per heavy atom. The summed E-state index contributed by atoms with van der Waals surface area (Å²) in [5.41, 5.74) is 7.51. The van der Waals surface area contributed by atoms with Crippen LogP contribution in [0.1, 0.15) is 24.3 Å². The number of nitrogen functional groups attached to an aromatic ring is 1. The number of hydrogen-bond acceptors (Lipinski definition) is 2. The lowest BCUT2D eigenvalue weighted by atomic mass is 9.90. The average molecular weight is 190 g/mol. The van der Waals surface area contributed by atoms with Crippen LogP contribution in [0.15, 0.2) is 24.3 Å². The number of nitrogens with one attached hydrogen (secondary N) is 1. The van der Waals surface area contributed by atoms with Crippen molar-refractivity contribution in [3.8, 4) is 0 Å². The molecule has 0 aromatic heterocycles. The molecule has 0 bridgehead atoms. The molecule has 3 nitrogen and oxygen atoms in total. The molecule has 2 rings (SSSR count). The summed E-state index contributed by atoms with van der Waals surface area (Å²) in [5, 5.41) is 2.86. The summed E-state index contributed by atoms with van der Waals surface area (Å²) < 4.78 is 0. The zero-order chi connectivity index (χ0) is 9.97. The van der Waals surface area contributed by atoms with Gasteiger partial charge in [0.1, 0.15) is 0 Å². The summed E-state index contributed by atoms with van der Waals surface area (Å²) in [6.07, 6.45) is 1.94. The number of para-hydroxylation sites is 1. The van der Waals surface area contributed by atoms with Crippen LogP contribution in [0.3, 0.4) is 0 Å². The van der Waals surface area contributed by atoms with E-state index < -0.39 is 0 Å². The van der Waals surface area contributed by atoms with Gasteiger partial charge in [-0.15, -0.1) is 0 Å². The minimum Gasteiger partial charge on any atom is -0.398 e. The topological polar surface area (TPSA) is 55.1 Å². The molecular weight excluding hydrogens is 176 g/mol. The molecule has 14 heavy (non-hydrogen) atoms. The van der Waals surface area contributed by atoms with Gasteiger partial charge in [0.2, 0.25) is 5.91 Å². The zero-order valence-electron chi connectivity index (χ0n) is 7.99. The van der Waals surface area contributed by atoms with Crippen molar-refractivity contribution in [2.24, 2.45) is 0 Å². The number of nitrogens with two attached hydrogens (primary N) is 1. The summed E-state index contributed by atoms with van der Waals surface area (Å²) in [4.78, 5) is 11.6. The Kier molecular flexibility index (Phi) is 2.39. The molecule has 1 atom stereocenters. The molecule has 0 aliphatic carbocycles. The van der Waals surface area contributed by atoms with Crippen LogP contribution in [0.2, 0.25) is 0 Å². The van der Waals surface area contributed by atoms with E-state index in [4.69, 9.17) is 5.73 Å². The van der Waals surface area contributed by atoms with Crippen molar-refractivity contribution in [1.29, 1.82) is 0 Å². The fourth-order valence-electron chi connectivity index (χ4n) is 1.90. The number of hydrogen-bond donors (Lipinski definition) is 2. The highest BCUT2D eigenvalue weighted by Crippen LogP contribution is 2.28. The van der Waals surface area contributed by atoms with Gasteiger partial charge in [0.15, 0.2) is 0 Å². The largest absolute Gasteiger partial charge is 0.398 e. The third kappa shape index (κ3) is 1.58. The first-order chi connectivity index (χ1) is 6.79. The van der Waals surface area contributed by atoms with Crippen molar-refractivity contribution in [2.75, 3.05) is 12.3 Å². The van der Waals surface area contributed by atoms with Crippen LogP contribution in [-0.2, 0) is 4.79 Å². The lowest BCUT2D eigenvalue weighted by Crippen LogP contribution is -2.35. The van der Waals surface area contributed by atoms with Crippen LogP contribution >= 0.6 is 0 Å². The van der Waals surface area contributed by atoms with E-state index in [-0.39, 0.29) is 11.8 Å². The number of carbonyl (C=O) groups is 1. The first-order valence-electron chi connectivity index (χ1n) is 4.91. The summed E-state index contributed by atoms with van der Waals surface area (Å²) in [6, 6.07) is 7.59. The summed E-state index contributed by atoms with van der Waals surface area (Å²) >= 11 is 0. The van der Waals surface area contributed by atoms with E-state index >= 15 is 0 Å². The molecule has 1 saturated heterocycles. The number of rotatable bonds is 1. The first-order valence-corrected chi connectivity index (χ1v) is 4.91. The highest BCUT2D eigenvalue weighted by molar-refractivity contribution is 5.85. The van der Waals surface area contributed by atoms with Gasteiger partial charge in [-0.2, -0.15) is 0 Å². The van der Waals surface area contributed by atoms with Crippen LogP contribution in [0.25, 0.3) is 0 Å². The summed E-state index contributed by atoms with van der Waals surface area (Å²) in [6.45, 7) is 0.794. The predicted molar refractivity (Wildman–Crippen MR) is 55.8 cm³/mol. The molecule has 1 amide bonds. The summed E-state index contributed by atoms with van der Waals surface area (Å²) in [7, 11) is 0. The smallest absolute Gasteiger partial charge is 0.227 e. The predicted octanol–water partition coefficient (Wildman–Crippen LogP) is 1.26. The molecule has 0 radical (unpaired) electrons. The Labute approximate surface area is 83.3 Å². The Bertz CT molecular complexity index is 349. The fraction of sp³-hybridized carbons (Fsp3) is 0.364. The second-order valence-electron chi connectivity index (χ2n) is 3.61. The van der Waals surface area contributed by atoms with Crippen molar-refractivity contribution in [2.45, 2.75) is 18.8 Å². The van der Waals surface area contributed by atoms with Crippen LogP contribution in [0.4, 0.5) is 5.69 Å². The Hall–Kier alpha value is -1.51. The molecule has 1 heterocycles. The molecule has 0 spiro atoms. The first kappa shape index (κ1) is 9.06. The second kappa shape index (κ2) is 3.70. The SMILES string of the molecule is Nc1ccccc1[C@@H]1CCCNC1=O. The normalized spacial score (nSPS) is 21.7. The van der Waals surface area contributed by atoms with Crippen LogP contribution in [0, 0.1) is 0 Å². The third-order valence-electron chi connectivity index (χ3n) is 2.66. The van der Waals surface area contributed by atoms with Crippen molar-refractivity contribution in [3.05, 3.63) is 29.8 Å². The summed E-state index contributed by atoms with van der Waals surface area (Å²) in [5.74, 6) is 0.0547. The van der Waals surface area contributed by atoms with Gasteiger partial charge in [0.05, 0.1) is 5.92 Å². The fourth-order valence-corrected chi connectivity index (χ4v) is 1.90. The second-order valence-corrected chi connectivity index (χ2v) is 3.61. The molecular formula is C11H14N2O. The highest BCUT2D eigenvalue weighted by atomic mass is 16.1. The van der Waals surface area contributed by atoms with Gasteiger partial charge in [-0.1, -0.05) is 18.2 Å². The van der Waals surface area contributed by atoms with Gasteiger partial charge in [0, 0.05) is 12.2 Å². The molecule has 1 aromatic carbocycles. The maximum Gasteiger partial charge on any atom is 0.227 e. The highest BCUT2D eigenvalue weighted by Gasteiger charge is 2.24. The van der Waals surface area contributed by atoms with Gasteiger partial charge >= 0.3 is 0 Å². The molecule has 3 heteroatoms. The molecule has 74 valence electrons. The number of carbonyl (C=O) groups excluding carboxylic acids is 1. The van der Waals surface area contributed by atoms with E-state index in [2.05, 4.69) is 5.32 Å². The van der Waals surface area contributed by atoms with Crippen LogP contribution in [0.5, 0.6) is 0 Å². The maximum absolute atomic E-state index is 11.6. The molecule has 1 aliphatic heterocycles. The third-order valence-corrected chi connectivity index (χ3v) is 2.66. The van der Waals surface area contributed by atoms with Crippen LogP contribution < -0.4 is 11.1 Å². The Morgan fingerprint density at radius 2 is 2.14 bits per heavy atom. The van der Waals surface area contributed by atoms with Crippen LogP contribution in [-0.4, -0.2) is 12.5 Å². The standard InChI is InChI=1S/C11H14N2O/c12-10-6-2-1-4-8(10)9-5-3-7-13-11(9)14/h1-2,4,6,9H,3,5,7,12H2,(H,13,14)/t9-/m0/s1. The van der Waals surface area contributed by atoms with Gasteiger partial charge in [-0.05, 0) is 24.5 Å². The quantitative estimate of drug-likeness (QED) is 0.655. The zero-order valence-corrected chi connectivity index (χ0v) is 7.99. The van der Waals surface area contributed by atoms with Gasteiger partial charge in [-0.25, -0.2) is 0 Å². The van der Waals surface area contributed by atoms with E-state index in [1.807, 2.05) is 24.3 Å². The minimum atomic E-state index is -0.0510. The monoisotopic (exact) mass is 190 g/mol. The molecule has 3 N–H and O–H groups in total. The van der Waals surface area contributed by atoms with Crippen molar-refractivity contribution in [3.63, 3.8) is 0 Å². The Balaban J connectivity index is 2.29. The van der Waals surface area contributed by atoms with Crippen molar-refractivity contribution >= 4 is 11.6 Å². The minimum absolute atomic E-state index is 0.0510. The van der Waals surface area contributed by atoms with E-state index in [9.17, 15) is 4.79 Å². The van der Waals surface area contributed by atoms with Gasteiger partial charge < -0.3 is 11.1 Å². The molecule has 1 aliphatic rings. The maximum atomic E-state index is 11.6. The number of benzene rings is 1. The molecule has 0 unspecified atom stereocenters. The van der Waals surface area contributed by atoms with Crippen molar-refractivity contribution < 1.29 is 4.79 Å². The van der Waals surface area contributed by atoms with E-state index in [1.54, 1.807) is 0 Å². The lowest BCUT2D eigenvalue weighted by molar-refractivity contribution is -0.123. The molecule has 0 saturated carbocycles. The number of amides is 1. The van der Waals surface area contributed by atoms with E-state index in [0.717, 1.165) is 30.6 Å². The Morgan fingerprint density at radius 3 is 2.86 bits per heavy atom. The number of anilines is 1. The van der Waals surface area contributed by atoms with Gasteiger partial charge in [0.25, 0.3) is 0 Å². The molecule has 1 fully saturated rings. The van der Waals surface area contributed by atoms with Gasteiger partial charge in [-0.3, -0.25) is 4.79 Å². The van der Waals surface area contributed by atoms with E-state index in [0.29, 0.717) is 0 Å². The number of piperidine rings is 1. The van der Waals surface area contributed by atoms with Crippen molar-refractivity contribution in [1.82, 2.24) is 5.32 Å². The van der Waals surface area contributed by atoms with E-state index in [1.165, 1.54) is 0 Å². The average Bonchev–Trinajstić information content (AvgIpc) is 2.20. The lowest BCUT2D eigenvalue weighted by Gasteiger charge is -2.23. The molecule has 1 aromatic rings.